The molecule has 0 aromatic heterocycles. The topological polar surface area (TPSA) is 17.1 Å². The molecular weight excluding hydrogens is 220 g/mol. The van der Waals surface area contributed by atoms with Gasteiger partial charge in [0.2, 0.25) is 0 Å². The predicted octanol–water partition coefficient (Wildman–Crippen LogP) is 4.56. The molecule has 0 aliphatic heterocycles. The Morgan fingerprint density at radius 2 is 1.67 bits per heavy atom. The van der Waals surface area contributed by atoms with Crippen LogP contribution in [0.5, 0.6) is 0 Å². The third-order valence-corrected chi connectivity index (χ3v) is 4.70. The van der Waals surface area contributed by atoms with E-state index in [1.165, 1.54) is 6.42 Å². The van der Waals surface area contributed by atoms with Crippen molar-refractivity contribution >= 4 is 5.78 Å². The van der Waals surface area contributed by atoms with Crippen molar-refractivity contribution in [3.05, 3.63) is 34.9 Å². The van der Waals surface area contributed by atoms with Crippen LogP contribution in [0.1, 0.15) is 54.6 Å². The molecule has 1 aliphatic rings. The molecule has 1 aromatic carbocycles. The van der Waals surface area contributed by atoms with E-state index in [0.717, 1.165) is 35.4 Å². The highest BCUT2D eigenvalue weighted by atomic mass is 16.1. The fourth-order valence-corrected chi connectivity index (χ4v) is 3.19. The van der Waals surface area contributed by atoms with E-state index in [1.807, 2.05) is 6.07 Å². The van der Waals surface area contributed by atoms with Gasteiger partial charge in [0.25, 0.3) is 0 Å². The largest absolute Gasteiger partial charge is 0.294 e. The maximum atomic E-state index is 12.7. The lowest BCUT2D eigenvalue weighted by Gasteiger charge is -2.31. The Hall–Kier alpha value is -1.11. The fourth-order valence-electron chi connectivity index (χ4n) is 3.19. The van der Waals surface area contributed by atoms with E-state index in [9.17, 15) is 4.79 Å². The average Bonchev–Trinajstić information content (AvgIpc) is 2.32. The van der Waals surface area contributed by atoms with Gasteiger partial charge in [0.1, 0.15) is 0 Å². The number of ketones is 1. The van der Waals surface area contributed by atoms with E-state index in [-0.39, 0.29) is 5.92 Å². The summed E-state index contributed by atoms with van der Waals surface area (Å²) in [5, 5.41) is 0. The second-order valence-corrected chi connectivity index (χ2v) is 6.10. The van der Waals surface area contributed by atoms with Gasteiger partial charge in [-0.2, -0.15) is 0 Å². The van der Waals surface area contributed by atoms with Gasteiger partial charge >= 0.3 is 0 Å². The van der Waals surface area contributed by atoms with Crippen LogP contribution >= 0.6 is 0 Å². The van der Waals surface area contributed by atoms with Crippen LogP contribution in [0.4, 0.5) is 0 Å². The van der Waals surface area contributed by atoms with E-state index >= 15 is 0 Å². The first kappa shape index (κ1) is 13.3. The molecule has 1 saturated carbocycles. The molecule has 1 nitrogen and oxygen atoms in total. The minimum Gasteiger partial charge on any atom is -0.294 e. The summed E-state index contributed by atoms with van der Waals surface area (Å²) in [6, 6.07) is 6.14. The Labute approximate surface area is 111 Å². The summed E-state index contributed by atoms with van der Waals surface area (Å²) in [7, 11) is 0. The Balaban J connectivity index is 2.22. The molecule has 0 saturated heterocycles. The lowest BCUT2D eigenvalue weighted by Crippen LogP contribution is -2.27. The van der Waals surface area contributed by atoms with Crippen LogP contribution in [-0.2, 0) is 0 Å². The first-order valence-corrected chi connectivity index (χ1v) is 7.11. The molecule has 0 radical (unpaired) electrons. The molecule has 1 fully saturated rings. The summed E-state index contributed by atoms with van der Waals surface area (Å²) < 4.78 is 0. The molecule has 3 unspecified atom stereocenters. The Kier molecular flexibility index (Phi) is 3.89. The van der Waals surface area contributed by atoms with Crippen molar-refractivity contribution in [1.29, 1.82) is 0 Å². The first-order chi connectivity index (χ1) is 8.50. The summed E-state index contributed by atoms with van der Waals surface area (Å²) >= 11 is 0. The monoisotopic (exact) mass is 244 g/mol. The second kappa shape index (κ2) is 5.26. The normalized spacial score (nSPS) is 28.1. The van der Waals surface area contributed by atoms with E-state index in [2.05, 4.69) is 39.8 Å². The molecule has 0 bridgehead atoms. The Bertz CT molecular complexity index is 427. The highest BCUT2D eigenvalue weighted by Gasteiger charge is 2.30. The molecule has 18 heavy (non-hydrogen) atoms. The van der Waals surface area contributed by atoms with Gasteiger partial charge in [-0.15, -0.1) is 0 Å². The van der Waals surface area contributed by atoms with Crippen LogP contribution in [0.15, 0.2) is 18.2 Å². The molecule has 1 heteroatoms. The van der Waals surface area contributed by atoms with Crippen molar-refractivity contribution in [2.45, 2.75) is 47.0 Å². The van der Waals surface area contributed by atoms with E-state index in [0.29, 0.717) is 11.7 Å². The van der Waals surface area contributed by atoms with Gasteiger partial charge in [-0.05, 0) is 56.1 Å². The van der Waals surface area contributed by atoms with Crippen molar-refractivity contribution in [2.24, 2.45) is 17.8 Å². The number of carbonyl (C=O) groups excluding carboxylic acids is 1. The molecule has 3 atom stereocenters. The minimum atomic E-state index is 0.246. The number of benzene rings is 1. The number of Topliss-reactive ketones (excluding diaryl/α,β-unsaturated/α-hetero) is 1. The molecule has 0 N–H and O–H groups in total. The number of carbonyl (C=O) groups is 1. The Morgan fingerprint density at radius 1 is 1.06 bits per heavy atom. The Morgan fingerprint density at radius 3 is 2.22 bits per heavy atom. The van der Waals surface area contributed by atoms with Crippen molar-refractivity contribution in [1.82, 2.24) is 0 Å². The summed E-state index contributed by atoms with van der Waals surface area (Å²) in [6.45, 7) is 8.70. The molecule has 0 amide bonds. The van der Waals surface area contributed by atoms with Gasteiger partial charge in [0.15, 0.2) is 5.78 Å². The smallest absolute Gasteiger partial charge is 0.166 e. The summed E-state index contributed by atoms with van der Waals surface area (Å²) in [5.41, 5.74) is 3.24. The minimum absolute atomic E-state index is 0.246. The highest BCUT2D eigenvalue weighted by Crippen LogP contribution is 2.35. The van der Waals surface area contributed by atoms with Gasteiger partial charge in [-0.3, -0.25) is 4.79 Å². The van der Waals surface area contributed by atoms with Crippen molar-refractivity contribution < 1.29 is 4.79 Å². The molecular formula is C17H24O. The van der Waals surface area contributed by atoms with E-state index in [1.54, 1.807) is 0 Å². The zero-order valence-corrected chi connectivity index (χ0v) is 12.0. The third-order valence-electron chi connectivity index (χ3n) is 4.70. The van der Waals surface area contributed by atoms with Crippen molar-refractivity contribution in [3.63, 3.8) is 0 Å². The third kappa shape index (κ3) is 2.50. The second-order valence-electron chi connectivity index (χ2n) is 6.10. The maximum Gasteiger partial charge on any atom is 0.166 e. The quantitative estimate of drug-likeness (QED) is 0.697. The number of aryl methyl sites for hydroxylation is 2. The predicted molar refractivity (Wildman–Crippen MR) is 75.9 cm³/mol. The number of hydrogen-bond donors (Lipinski definition) is 0. The van der Waals surface area contributed by atoms with Crippen LogP contribution < -0.4 is 0 Å². The highest BCUT2D eigenvalue weighted by molar-refractivity contribution is 6.00. The molecule has 2 rings (SSSR count). The molecule has 98 valence electrons. The summed E-state index contributed by atoms with van der Waals surface area (Å²) in [5.74, 6) is 2.07. The molecule has 1 aromatic rings. The zero-order valence-electron chi connectivity index (χ0n) is 12.0. The molecule has 0 spiro atoms. The van der Waals surface area contributed by atoms with Crippen LogP contribution in [0.25, 0.3) is 0 Å². The van der Waals surface area contributed by atoms with Gasteiger partial charge < -0.3 is 0 Å². The van der Waals surface area contributed by atoms with Crippen molar-refractivity contribution in [2.75, 3.05) is 0 Å². The van der Waals surface area contributed by atoms with Gasteiger partial charge in [-0.25, -0.2) is 0 Å². The van der Waals surface area contributed by atoms with Crippen LogP contribution in [-0.4, -0.2) is 5.78 Å². The summed E-state index contributed by atoms with van der Waals surface area (Å²) in [6.07, 6.45) is 3.33. The van der Waals surface area contributed by atoms with Gasteiger partial charge in [0.05, 0.1) is 0 Å². The lowest BCUT2D eigenvalue weighted by molar-refractivity contribution is 0.0836. The first-order valence-electron chi connectivity index (χ1n) is 7.11. The number of rotatable bonds is 2. The summed E-state index contributed by atoms with van der Waals surface area (Å²) in [4.78, 5) is 12.7. The van der Waals surface area contributed by atoms with Gasteiger partial charge in [-0.1, -0.05) is 32.0 Å². The van der Waals surface area contributed by atoms with E-state index in [4.69, 9.17) is 0 Å². The van der Waals surface area contributed by atoms with Crippen LogP contribution in [0.2, 0.25) is 0 Å². The van der Waals surface area contributed by atoms with Crippen LogP contribution in [0.3, 0.4) is 0 Å². The average molecular weight is 244 g/mol. The van der Waals surface area contributed by atoms with Crippen molar-refractivity contribution in [3.8, 4) is 0 Å². The maximum absolute atomic E-state index is 12.7. The van der Waals surface area contributed by atoms with Gasteiger partial charge in [0, 0.05) is 11.5 Å². The zero-order chi connectivity index (χ0) is 13.3. The standard InChI is InChI=1S/C17H24O/c1-11-8-9-15(10-14(11)4)17(18)16-12(2)6-5-7-13(16)3/h5-7,11,14-15H,8-10H2,1-4H3. The number of hydrogen-bond acceptors (Lipinski definition) is 1. The SMILES string of the molecule is Cc1cccc(C)c1C(=O)C1CCC(C)C(C)C1. The fraction of sp³-hybridized carbons (Fsp3) is 0.588. The molecule has 1 aliphatic carbocycles. The lowest BCUT2D eigenvalue weighted by atomic mass is 9.73. The van der Waals surface area contributed by atoms with Crippen LogP contribution in [0, 0.1) is 31.6 Å². The van der Waals surface area contributed by atoms with E-state index < -0.39 is 0 Å². The molecule has 0 heterocycles.